The van der Waals surface area contributed by atoms with Crippen LogP contribution < -0.4 is 10.6 Å². The highest BCUT2D eigenvalue weighted by molar-refractivity contribution is 8.00. The average molecular weight is 1490 g/mol. The summed E-state index contributed by atoms with van der Waals surface area (Å²) >= 11 is 1.87. The molecule has 2 amide bonds. The molecule has 8 rings (SSSR count). The number of aliphatic hydroxyl groups is 20. The normalized spacial score (nSPS) is 48.5. The van der Waals surface area contributed by atoms with E-state index in [-0.39, 0.29) is 17.4 Å². The maximum Gasteiger partial charge on any atom is 0.217 e. The van der Waals surface area contributed by atoms with Gasteiger partial charge in [-0.2, -0.15) is 5.26 Å². The predicted molar refractivity (Wildman–Crippen MR) is 326 cm³/mol. The Kier molecular flexibility index (Phi) is 31.8. The summed E-state index contributed by atoms with van der Waals surface area (Å²) in [5.74, 6) is -1.66. The van der Waals surface area contributed by atoms with E-state index in [4.69, 9.17) is 76.5 Å². The Bertz CT molecular complexity index is 2610. The maximum atomic E-state index is 12.6. The summed E-state index contributed by atoms with van der Waals surface area (Å²) in [7, 11) is 1.27. The van der Waals surface area contributed by atoms with Crippen molar-refractivity contribution in [1.82, 2.24) is 10.6 Å². The van der Waals surface area contributed by atoms with Crippen LogP contribution >= 0.6 is 23.5 Å². The minimum absolute atomic E-state index is 0.0912. The number of carbonyl (C=O) groups is 2. The fourth-order valence-corrected chi connectivity index (χ4v) is 14.2. The third-order valence-electron chi connectivity index (χ3n) is 18.0. The molecule has 0 saturated carbocycles. The van der Waals surface area contributed by atoms with Crippen molar-refractivity contribution in [2.24, 2.45) is 0 Å². The maximum absolute atomic E-state index is 12.6. The fraction of sp³-hybridized carbons (Fsp3) is 0.930. The minimum Gasteiger partial charge on any atom is -0.484 e. The highest BCUT2D eigenvalue weighted by atomic mass is 32.2. The fourth-order valence-electron chi connectivity index (χ4n) is 12.2. The molecule has 100 heavy (non-hydrogen) atoms. The van der Waals surface area contributed by atoms with Gasteiger partial charge in [0.1, 0.15) is 170 Å². The number of aliphatic hydroxyl groups excluding tert-OH is 20. The number of thioether (sulfide) groups is 2. The monoisotopic (exact) mass is 1490 g/mol. The van der Waals surface area contributed by atoms with E-state index in [0.29, 0.717) is 0 Å². The van der Waals surface area contributed by atoms with Gasteiger partial charge in [-0.1, -0.05) is 0 Å². The molecule has 8 saturated heterocycles. The van der Waals surface area contributed by atoms with Gasteiger partial charge in [0.25, 0.3) is 0 Å². The Morgan fingerprint density at radius 2 is 0.680 bits per heavy atom. The van der Waals surface area contributed by atoms with Crippen molar-refractivity contribution in [3.05, 3.63) is 0 Å². The van der Waals surface area contributed by atoms with Crippen LogP contribution in [0.2, 0.25) is 0 Å². The van der Waals surface area contributed by atoms with E-state index in [2.05, 4.69) is 10.6 Å². The van der Waals surface area contributed by atoms with Crippen molar-refractivity contribution in [2.45, 2.75) is 285 Å². The van der Waals surface area contributed by atoms with Gasteiger partial charge >= 0.3 is 0 Å². The molecule has 41 nitrogen and oxygen atoms in total. The van der Waals surface area contributed by atoms with Crippen LogP contribution in [0.1, 0.15) is 41.5 Å². The summed E-state index contributed by atoms with van der Waals surface area (Å²) in [6, 6.07) is -0.601. The second kappa shape index (κ2) is 37.7. The van der Waals surface area contributed by atoms with Crippen molar-refractivity contribution < 1.29 is 183 Å². The number of hydrogen-bond acceptors (Lipinski definition) is 41. The number of nitriles is 1. The summed E-state index contributed by atoms with van der Waals surface area (Å²) in [6.45, 7) is 4.69. The molecule has 0 aromatic heterocycles. The zero-order valence-electron chi connectivity index (χ0n) is 55.0. The topological polar surface area (TPSA) is 649 Å². The molecular formula is C57H96N4O37S2. The van der Waals surface area contributed by atoms with Gasteiger partial charge in [-0.25, -0.2) is 0 Å². The quantitative estimate of drug-likeness (QED) is 0.0334. The van der Waals surface area contributed by atoms with Gasteiger partial charge in [0, 0.05) is 13.8 Å². The Morgan fingerprint density at radius 3 is 0.960 bits per heavy atom. The van der Waals surface area contributed by atoms with E-state index >= 15 is 0 Å². The van der Waals surface area contributed by atoms with Crippen molar-refractivity contribution in [1.29, 1.82) is 10.7 Å². The Morgan fingerprint density at radius 1 is 0.390 bits per heavy atom. The second-order valence-corrected chi connectivity index (χ2v) is 27.2. The minimum atomic E-state index is -1.92. The van der Waals surface area contributed by atoms with Gasteiger partial charge in [-0.3, -0.25) is 15.0 Å². The average Bonchev–Trinajstić information content (AvgIpc) is 0.769. The van der Waals surface area contributed by atoms with Gasteiger partial charge in [0.15, 0.2) is 43.6 Å². The summed E-state index contributed by atoms with van der Waals surface area (Å²) < 4.78 is 87.3. The van der Waals surface area contributed by atoms with E-state index in [1.165, 1.54) is 41.7 Å². The van der Waals surface area contributed by atoms with Crippen LogP contribution in [0.3, 0.4) is 0 Å². The number of nitrogens with zero attached hydrogens (tertiary/aromatic N) is 1. The molecule has 0 aliphatic carbocycles. The molecule has 0 radical (unpaired) electrons. The molecule has 578 valence electrons. The van der Waals surface area contributed by atoms with Crippen LogP contribution in [-0.2, 0) is 80.6 Å². The number of methoxy groups -OCH3 is 1. The number of rotatable bonds is 23. The van der Waals surface area contributed by atoms with Crippen LogP contribution in [0.15, 0.2) is 0 Å². The number of carbonyl (C=O) groups excluding carboxylic acids is 2. The molecule has 0 bridgehead atoms. The first-order valence-electron chi connectivity index (χ1n) is 31.9. The summed E-state index contributed by atoms with van der Waals surface area (Å²) in [6.07, 6.45) is -57.8. The third-order valence-corrected chi connectivity index (χ3v) is 20.2. The second-order valence-electron chi connectivity index (χ2n) is 25.1. The standard InChI is InChI=1S/C29H50N2O19S.C28H46N2O18S/c1-8-15(35)18(38)21(41)26(44-8)48-23-12(6-33)47-29(51-7-13(30)43-4)14(31-10(3)34)24(23)49-28-25(20(40)17(37)11(5-32)46-28)50-27-22(42)19(39)16(36)9(2)45-27;1-8-14(34)17(37)20(40)25(42-8)46-22-12(7-32)45-28(49-5-4-29)13(30-10(3)33)23(22)47-27-24(19(39)16(36)11(6-31)44-27)48-26-21(41)18(38)15(35)9(2)43-26/h8-9,11-12,14-30,32-33,35-42H,5-7H2,1-4H3,(H,31,34);8-9,11-28,31-32,34-41H,5-7H2,1-3H3,(H,30,33)/t8?,9-,11-,12-,14?,15+,16+,17-,18-,19?,20?,21?,22?,23+,24?,25?,26-,27-,28-,29-;8?,9-,11-,12-,13?,14+,15+,16-,17-,18?,19?,20?,21?,22+,23?,24?,25-,26-,27-,28-/m00/s1. The van der Waals surface area contributed by atoms with Crippen molar-refractivity contribution in [3.8, 4) is 6.07 Å². The van der Waals surface area contributed by atoms with Gasteiger partial charge in [-0.05, 0) is 27.7 Å². The van der Waals surface area contributed by atoms with Gasteiger partial charge in [0.2, 0.25) is 11.8 Å². The molecule has 8 fully saturated rings. The molecule has 23 N–H and O–H groups in total. The first-order chi connectivity index (χ1) is 47.2. The molecule has 40 atom stereocenters. The summed E-state index contributed by atoms with van der Waals surface area (Å²) in [5.41, 5.74) is -2.23. The third kappa shape index (κ3) is 19.5. The molecule has 8 aliphatic rings. The lowest BCUT2D eigenvalue weighted by Gasteiger charge is -2.51. The Labute approximate surface area is 579 Å². The molecule has 0 aromatic carbocycles. The first-order valence-corrected chi connectivity index (χ1v) is 34.0. The lowest BCUT2D eigenvalue weighted by molar-refractivity contribution is -0.383. The van der Waals surface area contributed by atoms with Crippen molar-refractivity contribution >= 4 is 41.2 Å². The SMILES string of the molecule is CC(=O)NC1C(O[C@@H]2O[C@@H](CO)[C@H](O)C(O)C2O[C@@H]2O[C@@H](C)[C@@H](O)C(O)C2O)[C@H](O[C@@H]2OC(C)[C@@H](O)[C@H](O)C2O)[C@H](CO)O[C@H]1SCC#N.COC(=N)CS[C@@H]1O[C@@H](CO)[C@@H](O[C@@H]2OC(C)[C@@H](O)[C@H](O)C2O)C(O[C@@H]2O[C@@H](CO)[C@H](O)C(O)C2O[C@@H]2O[C@@H](C)[C@@H](O)C(O)C2O)C1NC(C)=O. The Hall–Kier alpha value is -2.76. The largest absolute Gasteiger partial charge is 0.484 e. The van der Waals surface area contributed by atoms with Gasteiger partial charge < -0.3 is 184 Å². The molecule has 0 aromatic rings. The molecule has 43 heteroatoms. The van der Waals surface area contributed by atoms with E-state index in [1.54, 1.807) is 0 Å². The van der Waals surface area contributed by atoms with Crippen LogP contribution in [0.25, 0.3) is 0 Å². The van der Waals surface area contributed by atoms with Crippen LogP contribution in [0.5, 0.6) is 0 Å². The van der Waals surface area contributed by atoms with Crippen LogP contribution in [-0.4, -0.2) is 409 Å². The van der Waals surface area contributed by atoms with E-state index in [9.17, 15) is 117 Å². The van der Waals surface area contributed by atoms with Gasteiger partial charge in [0.05, 0.1) is 87.6 Å². The van der Waals surface area contributed by atoms with Crippen molar-refractivity contribution in [2.75, 3.05) is 45.0 Å². The molecule has 8 heterocycles. The predicted octanol–water partition coefficient (Wildman–Crippen LogP) is -12.5. The lowest BCUT2D eigenvalue weighted by atomic mass is 9.95. The smallest absolute Gasteiger partial charge is 0.217 e. The Balaban J connectivity index is 0.000000281. The number of amides is 2. The van der Waals surface area contributed by atoms with E-state index < -0.39 is 282 Å². The lowest BCUT2D eigenvalue weighted by Crippen LogP contribution is -2.69. The summed E-state index contributed by atoms with van der Waals surface area (Å²) in [4.78, 5) is 25.1. The summed E-state index contributed by atoms with van der Waals surface area (Å²) in [5, 5.41) is 232. The molecule has 0 spiro atoms. The van der Waals surface area contributed by atoms with Crippen LogP contribution in [0.4, 0.5) is 0 Å². The van der Waals surface area contributed by atoms with E-state index in [1.807, 2.05) is 6.07 Å². The first kappa shape index (κ1) is 84.5. The van der Waals surface area contributed by atoms with E-state index in [0.717, 1.165) is 30.4 Å². The zero-order chi connectivity index (χ0) is 74.2. The molecule has 16 unspecified atom stereocenters. The van der Waals surface area contributed by atoms with Crippen LogP contribution in [0, 0.1) is 16.7 Å². The highest BCUT2D eigenvalue weighted by Gasteiger charge is 2.59. The molecule has 8 aliphatic heterocycles. The van der Waals surface area contributed by atoms with Gasteiger partial charge in [-0.15, -0.1) is 23.5 Å². The highest BCUT2D eigenvalue weighted by Crippen LogP contribution is 2.41. The number of ether oxygens (including phenoxy) is 15. The number of hydrogen-bond donors (Lipinski definition) is 23. The number of nitrogens with one attached hydrogen (secondary N) is 3. The van der Waals surface area contributed by atoms with Crippen molar-refractivity contribution in [3.63, 3.8) is 0 Å². The molecular weight excluding hydrogens is 1400 g/mol. The zero-order valence-corrected chi connectivity index (χ0v) is 56.6.